The molecule has 7 aromatic carbocycles. The van der Waals surface area contributed by atoms with Crippen LogP contribution in [0.3, 0.4) is 0 Å². The van der Waals surface area contributed by atoms with Crippen LogP contribution in [0.5, 0.6) is 0 Å². The highest BCUT2D eigenvalue weighted by Crippen LogP contribution is 2.45. The van der Waals surface area contributed by atoms with Crippen molar-refractivity contribution in [2.24, 2.45) is 0 Å². The number of rotatable bonds is 11. The first-order valence-electron chi connectivity index (χ1n) is 24.5. The molecule has 66 heavy (non-hydrogen) atoms. The molecule has 10 aromatic rings. The Bertz CT molecular complexity index is 3220. The van der Waals surface area contributed by atoms with Gasteiger partial charge in [0.2, 0.25) is 0 Å². The van der Waals surface area contributed by atoms with Gasteiger partial charge in [-0.15, -0.1) is 0 Å². The van der Waals surface area contributed by atoms with Crippen LogP contribution in [0.15, 0.2) is 146 Å². The summed E-state index contributed by atoms with van der Waals surface area (Å²) in [5, 5.41) is 10.7. The lowest BCUT2D eigenvalue weighted by Gasteiger charge is -2.43. The standard InChI is InChI=1S/C60H66FN3Si2/c1-37(2)65(38(3)4,39(5)6)47-27-31-59-53(35-47)49-17-13-15-19-55(49)63(59)45-25-29-57-51(33-45)52-34-46(26-30-58(52)62(57)44-23-21-43(61)22-24-44)64-56-20-16-14-18-50(56)54-36-48(28-32-60(54)64)66(40(7)8,41(9)10)42(11)12/h13-42H,1-12H3. The molecule has 3 heterocycles. The molecule has 0 saturated heterocycles. The predicted octanol–water partition coefficient (Wildman–Crippen LogP) is 16.9. The van der Waals surface area contributed by atoms with Crippen LogP contribution in [0.2, 0.25) is 33.2 Å². The molecule has 0 atom stereocenters. The zero-order valence-electron chi connectivity index (χ0n) is 41.0. The molecule has 3 aromatic heterocycles. The Balaban J connectivity index is 1.23. The molecule has 0 aliphatic heterocycles. The minimum absolute atomic E-state index is 0.238. The molecule has 6 heteroatoms. The smallest absolute Gasteiger partial charge is 0.123 e. The van der Waals surface area contributed by atoms with Crippen molar-refractivity contribution < 1.29 is 4.39 Å². The van der Waals surface area contributed by atoms with Gasteiger partial charge in [0.05, 0.1) is 49.2 Å². The second kappa shape index (κ2) is 16.3. The molecule has 10 rings (SSSR count). The summed E-state index contributed by atoms with van der Waals surface area (Å²) in [6, 6.07) is 53.6. The SMILES string of the molecule is CC(C)[Si](c1ccc2c(c1)c1ccccc1n2-c1ccc2c(c1)c1cc(-n3c4ccccc4c4cc([Si](C(C)C)(C(C)C)C(C)C)ccc43)ccc1n2-c1ccc(F)cc1)(C(C)C)C(C)C. The third kappa shape index (κ3) is 6.30. The van der Waals surface area contributed by atoms with Gasteiger partial charge in [-0.05, 0) is 118 Å². The van der Waals surface area contributed by atoms with Gasteiger partial charge in [-0.3, -0.25) is 0 Å². The largest absolute Gasteiger partial charge is 0.309 e. The summed E-state index contributed by atoms with van der Waals surface area (Å²) in [6.07, 6.45) is 0. The van der Waals surface area contributed by atoms with E-state index in [1.807, 2.05) is 12.1 Å². The fourth-order valence-electron chi connectivity index (χ4n) is 14.2. The molecule has 336 valence electrons. The molecule has 0 fully saturated rings. The van der Waals surface area contributed by atoms with E-state index >= 15 is 0 Å². The van der Waals surface area contributed by atoms with Gasteiger partial charge < -0.3 is 13.7 Å². The third-order valence-corrected chi connectivity index (χ3v) is 30.5. The number of benzene rings is 7. The van der Waals surface area contributed by atoms with Gasteiger partial charge in [-0.1, -0.05) is 154 Å². The van der Waals surface area contributed by atoms with Crippen molar-refractivity contribution in [3.63, 3.8) is 0 Å². The Morgan fingerprint density at radius 1 is 0.303 bits per heavy atom. The highest BCUT2D eigenvalue weighted by Gasteiger charge is 2.45. The molecule has 0 saturated carbocycles. The molecular formula is C60H66FN3Si2. The van der Waals surface area contributed by atoms with Gasteiger partial charge in [0.1, 0.15) is 5.82 Å². The topological polar surface area (TPSA) is 14.8 Å². The second-order valence-electron chi connectivity index (χ2n) is 21.2. The maximum absolute atomic E-state index is 14.5. The van der Waals surface area contributed by atoms with Crippen LogP contribution in [-0.4, -0.2) is 29.8 Å². The summed E-state index contributed by atoms with van der Waals surface area (Å²) < 4.78 is 21.7. The van der Waals surface area contributed by atoms with Crippen molar-refractivity contribution in [1.82, 2.24) is 13.7 Å². The van der Waals surface area contributed by atoms with Crippen LogP contribution in [0.1, 0.15) is 83.1 Å². The minimum atomic E-state index is -1.90. The van der Waals surface area contributed by atoms with E-state index in [4.69, 9.17) is 0 Å². The van der Waals surface area contributed by atoms with E-state index < -0.39 is 16.1 Å². The van der Waals surface area contributed by atoms with E-state index in [2.05, 4.69) is 218 Å². The molecule has 0 amide bonds. The maximum atomic E-state index is 14.5. The molecule has 0 unspecified atom stereocenters. The van der Waals surface area contributed by atoms with E-state index in [1.165, 1.54) is 43.6 Å². The average Bonchev–Trinajstić information content (AvgIpc) is 3.91. The van der Waals surface area contributed by atoms with Gasteiger partial charge in [-0.25, -0.2) is 4.39 Å². The van der Waals surface area contributed by atoms with E-state index in [9.17, 15) is 4.39 Å². The summed E-state index contributed by atoms with van der Waals surface area (Å²) in [6.45, 7) is 29.5. The van der Waals surface area contributed by atoms with Crippen LogP contribution >= 0.6 is 0 Å². The fourth-order valence-corrected chi connectivity index (χ4v) is 27.7. The van der Waals surface area contributed by atoms with Gasteiger partial charge >= 0.3 is 0 Å². The normalized spacial score (nSPS) is 13.1. The molecule has 0 bridgehead atoms. The second-order valence-corrected chi connectivity index (χ2v) is 33.0. The number of halogens is 1. The van der Waals surface area contributed by atoms with Crippen molar-refractivity contribution in [1.29, 1.82) is 0 Å². The molecule has 3 nitrogen and oxygen atoms in total. The van der Waals surface area contributed by atoms with Crippen molar-refractivity contribution >= 4 is 91.9 Å². The van der Waals surface area contributed by atoms with E-state index in [1.54, 1.807) is 22.5 Å². The van der Waals surface area contributed by atoms with Crippen LogP contribution in [0.25, 0.3) is 82.5 Å². The highest BCUT2D eigenvalue weighted by atomic mass is 28.3. The van der Waals surface area contributed by atoms with Gasteiger partial charge in [0.15, 0.2) is 0 Å². The molecule has 0 aliphatic rings. The summed E-state index contributed by atoms with van der Waals surface area (Å²) in [5.41, 5.74) is 14.0. The Labute approximate surface area is 392 Å². The Hall–Kier alpha value is -5.70. The molecule has 0 aliphatic carbocycles. The first-order valence-corrected chi connectivity index (χ1v) is 29.0. The van der Waals surface area contributed by atoms with E-state index in [0.717, 1.165) is 38.9 Å². The third-order valence-electron chi connectivity index (χ3n) is 16.4. The van der Waals surface area contributed by atoms with Crippen molar-refractivity contribution in [2.45, 2.75) is 116 Å². The number of aromatic nitrogens is 3. The summed E-state index contributed by atoms with van der Waals surface area (Å²) >= 11 is 0. The summed E-state index contributed by atoms with van der Waals surface area (Å²) in [7, 11) is -3.80. The van der Waals surface area contributed by atoms with Gasteiger partial charge in [0, 0.05) is 49.4 Å². The summed E-state index contributed by atoms with van der Waals surface area (Å²) in [4.78, 5) is 0. The van der Waals surface area contributed by atoms with Gasteiger partial charge in [-0.2, -0.15) is 0 Å². The monoisotopic (exact) mass is 903 g/mol. The number of hydrogen-bond acceptors (Lipinski definition) is 0. The van der Waals surface area contributed by atoms with Crippen LogP contribution in [0, 0.1) is 5.82 Å². The van der Waals surface area contributed by atoms with Gasteiger partial charge in [0.25, 0.3) is 0 Å². The first kappa shape index (κ1) is 44.2. The highest BCUT2D eigenvalue weighted by molar-refractivity contribution is 6.95. The van der Waals surface area contributed by atoms with Crippen molar-refractivity contribution in [3.05, 3.63) is 151 Å². The van der Waals surface area contributed by atoms with Crippen LogP contribution < -0.4 is 10.4 Å². The number of fused-ring (bicyclic) bond motifs is 9. The van der Waals surface area contributed by atoms with E-state index in [0.29, 0.717) is 33.2 Å². The zero-order valence-corrected chi connectivity index (χ0v) is 43.0. The quantitative estimate of drug-likeness (QED) is 0.115. The number of nitrogens with zero attached hydrogens (tertiary/aromatic N) is 3. The number of hydrogen-bond donors (Lipinski definition) is 0. The zero-order chi connectivity index (χ0) is 46.6. The Morgan fingerprint density at radius 3 is 0.955 bits per heavy atom. The molecule has 0 spiro atoms. The molecule has 0 radical (unpaired) electrons. The first-order chi connectivity index (χ1) is 31.6. The molecular weight excluding hydrogens is 838 g/mol. The Kier molecular flexibility index (Phi) is 10.9. The van der Waals surface area contributed by atoms with Crippen LogP contribution in [-0.2, 0) is 0 Å². The number of para-hydroxylation sites is 2. The predicted molar refractivity (Wildman–Crippen MR) is 291 cm³/mol. The van der Waals surface area contributed by atoms with Crippen molar-refractivity contribution in [2.75, 3.05) is 0 Å². The maximum Gasteiger partial charge on any atom is 0.123 e. The lowest BCUT2D eigenvalue weighted by molar-refractivity contribution is 0.627. The van der Waals surface area contributed by atoms with E-state index in [-0.39, 0.29) is 5.82 Å². The fraction of sp³-hybridized carbons (Fsp3) is 0.300. The summed E-state index contributed by atoms with van der Waals surface area (Å²) in [5.74, 6) is -0.238. The lowest BCUT2D eigenvalue weighted by Crippen LogP contribution is -2.55. The molecule has 0 N–H and O–H groups in total. The van der Waals surface area contributed by atoms with Crippen LogP contribution in [0.4, 0.5) is 4.39 Å². The lowest BCUT2D eigenvalue weighted by atomic mass is 10.1. The Morgan fingerprint density at radius 2 is 0.591 bits per heavy atom. The average molecular weight is 904 g/mol. The minimum Gasteiger partial charge on any atom is -0.309 e. The van der Waals surface area contributed by atoms with Crippen molar-refractivity contribution in [3.8, 4) is 17.1 Å².